The highest BCUT2D eigenvalue weighted by atomic mass is 79.9. The van der Waals surface area contributed by atoms with Crippen molar-refractivity contribution >= 4 is 15.9 Å². The Bertz CT molecular complexity index is 750. The molecule has 0 saturated heterocycles. The smallest absolute Gasteiger partial charge is 0.0286 e. The zero-order chi connectivity index (χ0) is 17.6. The summed E-state index contributed by atoms with van der Waals surface area (Å²) in [5.74, 6) is 0.752. The Kier molecular flexibility index (Phi) is 4.68. The standard InChI is InChI=1S/C23H29Br/c1-14-9-15(2)21(16(3)10-14)20-12-19(23(4,5)6)11-18(13-24)22(20)17-7-8-17/h9-12,17H,7-8,13H2,1-6H3. The zero-order valence-electron chi connectivity index (χ0n) is 15.9. The second-order valence-electron chi connectivity index (χ2n) is 8.53. The van der Waals surface area contributed by atoms with E-state index in [-0.39, 0.29) is 5.41 Å². The molecular weight excluding hydrogens is 356 g/mol. The maximum Gasteiger partial charge on any atom is 0.0286 e. The summed E-state index contributed by atoms with van der Waals surface area (Å²) >= 11 is 3.76. The fourth-order valence-corrected chi connectivity index (χ4v) is 4.39. The summed E-state index contributed by atoms with van der Waals surface area (Å²) in [5, 5.41) is 0.944. The molecule has 0 bridgehead atoms. The maximum absolute atomic E-state index is 3.76. The van der Waals surface area contributed by atoms with E-state index in [1.807, 2.05) is 0 Å². The van der Waals surface area contributed by atoms with E-state index in [0.29, 0.717) is 0 Å². The van der Waals surface area contributed by atoms with Crippen LogP contribution in [0.5, 0.6) is 0 Å². The number of halogens is 1. The Balaban J connectivity index is 2.33. The minimum absolute atomic E-state index is 0.167. The van der Waals surface area contributed by atoms with E-state index < -0.39 is 0 Å². The van der Waals surface area contributed by atoms with Gasteiger partial charge in [0.15, 0.2) is 0 Å². The number of benzene rings is 2. The van der Waals surface area contributed by atoms with Crippen molar-refractivity contribution in [2.24, 2.45) is 0 Å². The van der Waals surface area contributed by atoms with E-state index in [1.54, 1.807) is 5.56 Å². The van der Waals surface area contributed by atoms with E-state index in [0.717, 1.165) is 11.2 Å². The number of rotatable bonds is 3. The summed E-state index contributed by atoms with van der Waals surface area (Å²) < 4.78 is 0. The van der Waals surface area contributed by atoms with Crippen LogP contribution in [0.25, 0.3) is 11.1 Å². The van der Waals surface area contributed by atoms with Crippen LogP contribution in [0.1, 0.15) is 72.9 Å². The first-order valence-corrected chi connectivity index (χ1v) is 10.2. The van der Waals surface area contributed by atoms with Crippen molar-refractivity contribution in [1.29, 1.82) is 0 Å². The third kappa shape index (κ3) is 3.33. The van der Waals surface area contributed by atoms with Gasteiger partial charge in [-0.05, 0) is 83.9 Å². The van der Waals surface area contributed by atoms with Crippen LogP contribution in [0.2, 0.25) is 0 Å². The Morgan fingerprint density at radius 3 is 2.00 bits per heavy atom. The van der Waals surface area contributed by atoms with Crippen LogP contribution in [0.3, 0.4) is 0 Å². The molecule has 24 heavy (non-hydrogen) atoms. The van der Waals surface area contributed by atoms with Gasteiger partial charge >= 0.3 is 0 Å². The second-order valence-corrected chi connectivity index (χ2v) is 9.09. The Morgan fingerprint density at radius 2 is 1.54 bits per heavy atom. The van der Waals surface area contributed by atoms with Gasteiger partial charge in [-0.15, -0.1) is 0 Å². The van der Waals surface area contributed by atoms with E-state index in [4.69, 9.17) is 0 Å². The van der Waals surface area contributed by atoms with E-state index >= 15 is 0 Å². The van der Waals surface area contributed by atoms with Crippen molar-refractivity contribution in [3.8, 4) is 11.1 Å². The SMILES string of the molecule is Cc1cc(C)c(-c2cc(C(C)(C)C)cc(CBr)c2C2CC2)c(C)c1. The van der Waals surface area contributed by atoms with Crippen LogP contribution in [-0.4, -0.2) is 0 Å². The average molecular weight is 385 g/mol. The molecule has 0 aliphatic heterocycles. The highest BCUT2D eigenvalue weighted by molar-refractivity contribution is 9.08. The number of hydrogen-bond acceptors (Lipinski definition) is 0. The Morgan fingerprint density at radius 1 is 0.958 bits per heavy atom. The molecule has 128 valence electrons. The molecule has 0 nitrogen and oxygen atoms in total. The molecule has 0 spiro atoms. The monoisotopic (exact) mass is 384 g/mol. The van der Waals surface area contributed by atoms with Crippen molar-refractivity contribution in [2.75, 3.05) is 0 Å². The van der Waals surface area contributed by atoms with E-state index in [1.165, 1.54) is 51.8 Å². The normalized spacial score (nSPS) is 15.0. The van der Waals surface area contributed by atoms with Crippen molar-refractivity contribution < 1.29 is 0 Å². The number of aryl methyl sites for hydroxylation is 3. The van der Waals surface area contributed by atoms with Crippen LogP contribution in [0.4, 0.5) is 0 Å². The van der Waals surface area contributed by atoms with Crippen LogP contribution in [-0.2, 0) is 10.7 Å². The van der Waals surface area contributed by atoms with Crippen molar-refractivity contribution in [2.45, 2.75) is 71.0 Å². The van der Waals surface area contributed by atoms with Gasteiger partial charge in [0, 0.05) is 5.33 Å². The van der Waals surface area contributed by atoms with Gasteiger partial charge in [-0.2, -0.15) is 0 Å². The van der Waals surface area contributed by atoms with E-state index in [9.17, 15) is 0 Å². The van der Waals surface area contributed by atoms with Gasteiger partial charge in [0.2, 0.25) is 0 Å². The molecule has 0 atom stereocenters. The van der Waals surface area contributed by atoms with Crippen molar-refractivity contribution in [3.63, 3.8) is 0 Å². The molecule has 0 N–H and O–H groups in total. The summed E-state index contributed by atoms with van der Waals surface area (Å²) in [7, 11) is 0. The summed E-state index contributed by atoms with van der Waals surface area (Å²) in [4.78, 5) is 0. The Hall–Kier alpha value is -1.08. The molecule has 0 amide bonds. The lowest BCUT2D eigenvalue weighted by molar-refractivity contribution is 0.589. The average Bonchev–Trinajstić information content (AvgIpc) is 3.28. The molecule has 1 aliphatic carbocycles. The van der Waals surface area contributed by atoms with Crippen molar-refractivity contribution in [3.05, 3.63) is 57.6 Å². The number of hydrogen-bond donors (Lipinski definition) is 0. The van der Waals surface area contributed by atoms with Gasteiger partial charge in [0.05, 0.1) is 0 Å². The second kappa shape index (κ2) is 6.33. The molecule has 3 rings (SSSR count). The van der Waals surface area contributed by atoms with Crippen LogP contribution in [0, 0.1) is 20.8 Å². The summed E-state index contributed by atoms with van der Waals surface area (Å²) in [6.45, 7) is 13.7. The summed E-state index contributed by atoms with van der Waals surface area (Å²) in [6, 6.07) is 9.57. The van der Waals surface area contributed by atoms with Gasteiger partial charge in [-0.25, -0.2) is 0 Å². The predicted molar refractivity (Wildman–Crippen MR) is 109 cm³/mol. The first kappa shape index (κ1) is 17.7. The Labute approximate surface area is 155 Å². The van der Waals surface area contributed by atoms with Crippen LogP contribution >= 0.6 is 15.9 Å². The zero-order valence-corrected chi connectivity index (χ0v) is 17.5. The molecule has 0 heterocycles. The first-order valence-electron chi connectivity index (χ1n) is 9.04. The molecule has 1 heteroatoms. The first-order chi connectivity index (χ1) is 11.2. The fourth-order valence-electron chi connectivity index (χ4n) is 3.92. The van der Waals surface area contributed by atoms with Gasteiger partial charge in [-0.1, -0.05) is 66.5 Å². The lowest BCUT2D eigenvalue weighted by atomic mass is 9.80. The highest BCUT2D eigenvalue weighted by Gasteiger charge is 2.31. The molecule has 1 aliphatic rings. The van der Waals surface area contributed by atoms with Crippen LogP contribution in [0.15, 0.2) is 24.3 Å². The largest absolute Gasteiger partial charge is 0.0876 e. The van der Waals surface area contributed by atoms with Crippen molar-refractivity contribution in [1.82, 2.24) is 0 Å². The molecule has 0 aromatic heterocycles. The molecule has 2 aromatic carbocycles. The molecule has 1 saturated carbocycles. The third-order valence-electron chi connectivity index (χ3n) is 5.21. The summed E-state index contributed by atoms with van der Waals surface area (Å²) in [5.41, 5.74) is 11.8. The minimum atomic E-state index is 0.167. The maximum atomic E-state index is 3.76. The van der Waals surface area contributed by atoms with E-state index in [2.05, 4.69) is 81.7 Å². The molecule has 1 fully saturated rings. The number of alkyl halides is 1. The predicted octanol–water partition coefficient (Wildman–Crippen LogP) is 7.35. The molecule has 0 radical (unpaired) electrons. The third-order valence-corrected chi connectivity index (χ3v) is 5.81. The quantitative estimate of drug-likeness (QED) is 0.485. The molecule has 0 unspecified atom stereocenters. The highest BCUT2D eigenvalue weighted by Crippen LogP contribution is 2.49. The fraction of sp³-hybridized carbons (Fsp3) is 0.478. The van der Waals surface area contributed by atoms with Gasteiger partial charge in [-0.3, -0.25) is 0 Å². The van der Waals surface area contributed by atoms with Gasteiger partial charge < -0.3 is 0 Å². The van der Waals surface area contributed by atoms with Gasteiger partial charge in [0.25, 0.3) is 0 Å². The lowest BCUT2D eigenvalue weighted by Gasteiger charge is -2.25. The van der Waals surface area contributed by atoms with Gasteiger partial charge in [0.1, 0.15) is 0 Å². The minimum Gasteiger partial charge on any atom is -0.0876 e. The molecule has 2 aromatic rings. The summed E-state index contributed by atoms with van der Waals surface area (Å²) in [6.07, 6.45) is 2.68. The topological polar surface area (TPSA) is 0 Å². The molecular formula is C23H29Br. The van der Waals surface area contributed by atoms with Crippen LogP contribution < -0.4 is 0 Å². The lowest BCUT2D eigenvalue weighted by Crippen LogP contribution is -2.13.